The largest absolute Gasteiger partial charge is 0.394 e. The van der Waals surface area contributed by atoms with Crippen LogP contribution < -0.4 is 5.32 Å². The first-order valence-electron chi connectivity index (χ1n) is 4.89. The predicted octanol–water partition coefficient (Wildman–Crippen LogP) is -2.15. The molecule has 15 heavy (non-hydrogen) atoms. The molecule has 4 N–H and O–H groups in total. The third kappa shape index (κ3) is 3.13. The van der Waals surface area contributed by atoms with Crippen molar-refractivity contribution >= 4 is 5.91 Å². The standard InChI is InChI=1S/C9H17NO5/c1-5(12)10-2-6-4-15-7(3-11)9(14)8(6)13/h6-9,11,13-14H,2-4H2,1H3,(H,10,12)/t6-,7+,8+,9-/m0/s1. The molecular weight excluding hydrogens is 202 g/mol. The smallest absolute Gasteiger partial charge is 0.216 e. The van der Waals surface area contributed by atoms with Crippen molar-refractivity contribution in [2.24, 2.45) is 5.92 Å². The lowest BCUT2D eigenvalue weighted by Crippen LogP contribution is -2.54. The second kappa shape index (κ2) is 5.41. The van der Waals surface area contributed by atoms with Gasteiger partial charge < -0.3 is 25.4 Å². The van der Waals surface area contributed by atoms with Gasteiger partial charge in [0.05, 0.1) is 19.3 Å². The lowest BCUT2D eigenvalue weighted by atomic mass is 9.92. The summed E-state index contributed by atoms with van der Waals surface area (Å²) in [4.78, 5) is 10.7. The zero-order valence-electron chi connectivity index (χ0n) is 8.59. The molecule has 0 unspecified atom stereocenters. The fourth-order valence-corrected chi connectivity index (χ4v) is 1.56. The van der Waals surface area contributed by atoms with Crippen LogP contribution in [0.25, 0.3) is 0 Å². The summed E-state index contributed by atoms with van der Waals surface area (Å²) in [7, 11) is 0. The van der Waals surface area contributed by atoms with E-state index in [0.717, 1.165) is 0 Å². The van der Waals surface area contributed by atoms with E-state index in [4.69, 9.17) is 9.84 Å². The van der Waals surface area contributed by atoms with Gasteiger partial charge in [0, 0.05) is 19.4 Å². The van der Waals surface area contributed by atoms with E-state index in [9.17, 15) is 15.0 Å². The van der Waals surface area contributed by atoms with Crippen molar-refractivity contribution in [1.82, 2.24) is 5.32 Å². The SMILES string of the molecule is CC(=O)NC[C@H]1CO[C@H](CO)[C@H](O)[C@@H]1O. The number of nitrogens with one attached hydrogen (secondary N) is 1. The molecule has 1 saturated heterocycles. The monoisotopic (exact) mass is 219 g/mol. The summed E-state index contributed by atoms with van der Waals surface area (Å²) in [6, 6.07) is 0. The van der Waals surface area contributed by atoms with Gasteiger partial charge in [-0.3, -0.25) is 4.79 Å². The first-order chi connectivity index (χ1) is 7.06. The van der Waals surface area contributed by atoms with E-state index < -0.39 is 18.3 Å². The summed E-state index contributed by atoms with van der Waals surface area (Å²) in [5, 5.41) is 30.5. The molecule has 0 radical (unpaired) electrons. The lowest BCUT2D eigenvalue weighted by molar-refractivity contribution is -0.173. The molecule has 1 aliphatic rings. The number of ether oxygens (including phenoxy) is 1. The number of aliphatic hydroxyl groups is 3. The van der Waals surface area contributed by atoms with Crippen LogP contribution in [0.15, 0.2) is 0 Å². The highest BCUT2D eigenvalue weighted by molar-refractivity contribution is 5.72. The first-order valence-corrected chi connectivity index (χ1v) is 4.89. The molecule has 4 atom stereocenters. The molecule has 0 aromatic carbocycles. The number of hydrogen-bond donors (Lipinski definition) is 4. The van der Waals surface area contributed by atoms with Crippen molar-refractivity contribution in [3.63, 3.8) is 0 Å². The molecule has 6 nitrogen and oxygen atoms in total. The van der Waals surface area contributed by atoms with Gasteiger partial charge >= 0.3 is 0 Å². The van der Waals surface area contributed by atoms with Crippen molar-refractivity contribution in [3.8, 4) is 0 Å². The molecule has 1 rings (SSSR count). The van der Waals surface area contributed by atoms with Crippen LogP contribution in [0, 0.1) is 5.92 Å². The second-order valence-electron chi connectivity index (χ2n) is 3.73. The highest BCUT2D eigenvalue weighted by Crippen LogP contribution is 2.19. The van der Waals surface area contributed by atoms with Crippen molar-refractivity contribution < 1.29 is 24.9 Å². The van der Waals surface area contributed by atoms with E-state index in [-0.39, 0.29) is 31.6 Å². The Bertz CT molecular complexity index is 223. The Morgan fingerprint density at radius 3 is 2.67 bits per heavy atom. The fraction of sp³-hybridized carbons (Fsp3) is 0.889. The quantitative estimate of drug-likeness (QED) is 0.434. The molecule has 0 bridgehead atoms. The molecule has 0 saturated carbocycles. The van der Waals surface area contributed by atoms with Crippen LogP contribution >= 0.6 is 0 Å². The van der Waals surface area contributed by atoms with E-state index in [0.29, 0.717) is 0 Å². The van der Waals surface area contributed by atoms with Crippen LogP contribution in [0.2, 0.25) is 0 Å². The normalized spacial score (nSPS) is 36.3. The van der Waals surface area contributed by atoms with Crippen molar-refractivity contribution in [3.05, 3.63) is 0 Å². The molecule has 1 heterocycles. The Labute approximate surface area is 87.9 Å². The van der Waals surface area contributed by atoms with Gasteiger partial charge in [-0.05, 0) is 0 Å². The van der Waals surface area contributed by atoms with Crippen LogP contribution in [-0.2, 0) is 9.53 Å². The molecule has 88 valence electrons. The maximum Gasteiger partial charge on any atom is 0.216 e. The number of carbonyl (C=O) groups is 1. The average molecular weight is 219 g/mol. The van der Waals surface area contributed by atoms with Crippen molar-refractivity contribution in [2.45, 2.75) is 25.2 Å². The highest BCUT2D eigenvalue weighted by atomic mass is 16.5. The summed E-state index contributed by atoms with van der Waals surface area (Å²) >= 11 is 0. The molecule has 0 aliphatic carbocycles. The highest BCUT2D eigenvalue weighted by Gasteiger charge is 2.37. The summed E-state index contributed by atoms with van der Waals surface area (Å²) in [6.07, 6.45) is -2.83. The summed E-state index contributed by atoms with van der Waals surface area (Å²) in [6.45, 7) is 1.52. The Balaban J connectivity index is 2.45. The van der Waals surface area contributed by atoms with E-state index in [1.54, 1.807) is 0 Å². The molecular formula is C9H17NO5. The first kappa shape index (κ1) is 12.4. The Morgan fingerprint density at radius 2 is 2.13 bits per heavy atom. The van der Waals surface area contributed by atoms with Crippen LogP contribution in [0.1, 0.15) is 6.92 Å². The van der Waals surface area contributed by atoms with Crippen molar-refractivity contribution in [2.75, 3.05) is 19.8 Å². The zero-order chi connectivity index (χ0) is 11.4. The number of aliphatic hydroxyl groups excluding tert-OH is 3. The third-order valence-electron chi connectivity index (χ3n) is 2.53. The number of carbonyl (C=O) groups excluding carboxylic acids is 1. The minimum Gasteiger partial charge on any atom is -0.394 e. The Morgan fingerprint density at radius 1 is 1.47 bits per heavy atom. The van der Waals surface area contributed by atoms with E-state index in [1.165, 1.54) is 6.92 Å². The second-order valence-corrected chi connectivity index (χ2v) is 3.73. The molecule has 0 aromatic heterocycles. The van der Waals surface area contributed by atoms with Gasteiger partial charge in [-0.2, -0.15) is 0 Å². The topological polar surface area (TPSA) is 99.0 Å². The van der Waals surface area contributed by atoms with Gasteiger partial charge in [0.25, 0.3) is 0 Å². The summed E-state index contributed by atoms with van der Waals surface area (Å²) in [5.74, 6) is -0.535. The van der Waals surface area contributed by atoms with Crippen molar-refractivity contribution in [1.29, 1.82) is 0 Å². The van der Waals surface area contributed by atoms with Crippen LogP contribution in [0.4, 0.5) is 0 Å². The fourth-order valence-electron chi connectivity index (χ4n) is 1.56. The number of amides is 1. The number of hydrogen-bond acceptors (Lipinski definition) is 5. The maximum absolute atomic E-state index is 10.7. The van der Waals surface area contributed by atoms with Crippen LogP contribution in [0.3, 0.4) is 0 Å². The average Bonchev–Trinajstić information content (AvgIpc) is 2.20. The maximum atomic E-state index is 10.7. The van der Waals surface area contributed by atoms with Gasteiger partial charge in [0.1, 0.15) is 12.2 Å². The molecule has 0 aromatic rings. The van der Waals surface area contributed by atoms with E-state index >= 15 is 0 Å². The number of rotatable bonds is 3. The van der Waals surface area contributed by atoms with E-state index in [1.807, 2.05) is 0 Å². The molecule has 1 amide bonds. The minimum absolute atomic E-state index is 0.194. The van der Waals surface area contributed by atoms with Gasteiger partial charge in [-0.1, -0.05) is 0 Å². The van der Waals surface area contributed by atoms with E-state index in [2.05, 4.69) is 5.32 Å². The Kier molecular flexibility index (Phi) is 4.46. The lowest BCUT2D eigenvalue weighted by Gasteiger charge is -2.36. The van der Waals surface area contributed by atoms with Crippen LogP contribution in [0.5, 0.6) is 0 Å². The molecule has 1 fully saturated rings. The van der Waals surface area contributed by atoms with Crippen LogP contribution in [-0.4, -0.2) is 59.3 Å². The minimum atomic E-state index is -1.11. The Hall–Kier alpha value is -0.690. The molecule has 1 aliphatic heterocycles. The third-order valence-corrected chi connectivity index (χ3v) is 2.53. The van der Waals surface area contributed by atoms with Gasteiger partial charge in [-0.15, -0.1) is 0 Å². The summed E-state index contributed by atoms with van der Waals surface area (Å²) in [5.41, 5.74) is 0. The van der Waals surface area contributed by atoms with Gasteiger partial charge in [0.2, 0.25) is 5.91 Å². The van der Waals surface area contributed by atoms with Gasteiger partial charge in [0.15, 0.2) is 0 Å². The predicted molar refractivity (Wildman–Crippen MR) is 51.0 cm³/mol. The zero-order valence-corrected chi connectivity index (χ0v) is 8.59. The molecule has 6 heteroatoms. The molecule has 0 spiro atoms. The van der Waals surface area contributed by atoms with Gasteiger partial charge in [-0.25, -0.2) is 0 Å². The summed E-state index contributed by atoms with van der Waals surface area (Å²) < 4.78 is 5.14.